The number of carbonyl (C=O) groups excluding carboxylic acids is 2. The minimum atomic E-state index is -0.963. The van der Waals surface area contributed by atoms with Gasteiger partial charge in [-0.25, -0.2) is 0 Å². The van der Waals surface area contributed by atoms with Crippen LogP contribution in [0.1, 0.15) is 28.3 Å². The maximum absolute atomic E-state index is 13.8. The number of amidine groups is 1. The highest BCUT2D eigenvalue weighted by Gasteiger charge is 2.27. The summed E-state index contributed by atoms with van der Waals surface area (Å²) >= 11 is 0. The summed E-state index contributed by atoms with van der Waals surface area (Å²) in [5.74, 6) is 0.134. The zero-order valence-corrected chi connectivity index (χ0v) is 23.3. The van der Waals surface area contributed by atoms with Crippen molar-refractivity contribution in [2.75, 3.05) is 24.9 Å². The van der Waals surface area contributed by atoms with Crippen molar-refractivity contribution >= 4 is 29.0 Å². The second-order valence-corrected chi connectivity index (χ2v) is 9.35. The Hall–Kier alpha value is -5.51. The van der Waals surface area contributed by atoms with Gasteiger partial charge in [0, 0.05) is 29.4 Å². The average molecular weight is 568 g/mol. The van der Waals surface area contributed by atoms with Gasteiger partial charge in [-0.2, -0.15) is 0 Å². The monoisotopic (exact) mass is 567 g/mol. The van der Waals surface area contributed by atoms with E-state index in [9.17, 15) is 9.59 Å². The largest absolute Gasteiger partial charge is 0.493 e. The number of nitrogens with one attached hydrogen (secondary N) is 3. The lowest BCUT2D eigenvalue weighted by Gasteiger charge is -2.24. The zero-order valence-electron chi connectivity index (χ0n) is 23.3. The van der Waals surface area contributed by atoms with E-state index in [2.05, 4.69) is 21.1 Å². The summed E-state index contributed by atoms with van der Waals surface area (Å²) in [5, 5.41) is 21.2. The molecule has 0 spiro atoms. The first kappa shape index (κ1) is 29.5. The number of methoxy groups -OCH3 is 2. The number of benzene rings is 4. The van der Waals surface area contributed by atoms with Crippen molar-refractivity contribution in [2.24, 2.45) is 10.9 Å². The third-order valence-electron chi connectivity index (χ3n) is 6.52. The third kappa shape index (κ3) is 7.57. The van der Waals surface area contributed by atoms with E-state index in [4.69, 9.17) is 20.4 Å². The number of amides is 2. The van der Waals surface area contributed by atoms with Crippen LogP contribution in [0.4, 0.5) is 11.4 Å². The summed E-state index contributed by atoms with van der Waals surface area (Å²) < 4.78 is 11.0. The van der Waals surface area contributed by atoms with E-state index in [1.54, 1.807) is 36.4 Å². The van der Waals surface area contributed by atoms with Gasteiger partial charge < -0.3 is 36.4 Å². The van der Waals surface area contributed by atoms with Crippen molar-refractivity contribution in [3.05, 3.63) is 119 Å². The molecule has 0 saturated carbocycles. The Labute approximate surface area is 244 Å². The van der Waals surface area contributed by atoms with Crippen LogP contribution in [-0.2, 0) is 22.6 Å². The summed E-state index contributed by atoms with van der Waals surface area (Å²) in [4.78, 5) is 26.9. The normalized spacial score (nSPS) is 11.7. The van der Waals surface area contributed by atoms with E-state index in [1.165, 1.54) is 14.2 Å². The number of carbonyl (C=O) groups is 2. The Bertz CT molecular complexity index is 1530. The molecule has 10 nitrogen and oxygen atoms in total. The van der Waals surface area contributed by atoms with Gasteiger partial charge in [0.1, 0.15) is 6.04 Å². The van der Waals surface area contributed by atoms with Crippen LogP contribution in [0.2, 0.25) is 0 Å². The number of nitrogens with two attached hydrogens (primary N) is 1. The number of anilines is 2. The predicted octanol–water partition coefficient (Wildman–Crippen LogP) is 4.45. The van der Waals surface area contributed by atoms with E-state index in [-0.39, 0.29) is 24.1 Å². The van der Waals surface area contributed by atoms with Crippen LogP contribution in [0, 0.1) is 0 Å². The minimum absolute atomic E-state index is 0.0398. The van der Waals surface area contributed by atoms with Gasteiger partial charge >= 0.3 is 0 Å². The van der Waals surface area contributed by atoms with Crippen molar-refractivity contribution in [2.45, 2.75) is 19.0 Å². The molecule has 0 bridgehead atoms. The molecule has 2 amide bonds. The summed E-state index contributed by atoms with van der Waals surface area (Å²) in [7, 11) is 3.00. The van der Waals surface area contributed by atoms with Crippen LogP contribution in [0.15, 0.2) is 102 Å². The quantitative estimate of drug-likeness (QED) is 0.0735. The van der Waals surface area contributed by atoms with Crippen LogP contribution in [0.25, 0.3) is 0 Å². The highest BCUT2D eigenvalue weighted by Crippen LogP contribution is 2.37. The van der Waals surface area contributed by atoms with E-state index in [0.717, 1.165) is 11.1 Å². The zero-order chi connectivity index (χ0) is 29.9. The maximum Gasteiger partial charge on any atom is 0.247 e. The lowest BCUT2D eigenvalue weighted by atomic mass is 10.0. The van der Waals surface area contributed by atoms with Gasteiger partial charge in [-0.3, -0.25) is 9.59 Å². The van der Waals surface area contributed by atoms with Gasteiger partial charge in [0.15, 0.2) is 17.3 Å². The van der Waals surface area contributed by atoms with E-state index < -0.39 is 6.04 Å². The molecule has 4 rings (SSSR count). The van der Waals surface area contributed by atoms with Crippen LogP contribution in [-0.4, -0.2) is 37.1 Å². The first-order valence-corrected chi connectivity index (χ1v) is 13.2. The smallest absolute Gasteiger partial charge is 0.247 e. The fraction of sp³-hybridized carbons (Fsp3) is 0.156. The molecule has 1 atom stereocenters. The van der Waals surface area contributed by atoms with Crippen molar-refractivity contribution in [3.8, 4) is 11.5 Å². The highest BCUT2D eigenvalue weighted by molar-refractivity contribution is 5.98. The Kier molecular flexibility index (Phi) is 9.98. The number of rotatable bonds is 12. The SMILES string of the molecule is COc1cc(NC(=O)Cc2ccccc2)c(C(Nc2ccc(C(N)=NO)cc2)C(=O)NCc2ccccc2)cc1OC. The van der Waals surface area contributed by atoms with Crippen molar-refractivity contribution < 1.29 is 24.3 Å². The summed E-state index contributed by atoms with van der Waals surface area (Å²) in [6.45, 7) is 0.295. The molecule has 0 fully saturated rings. The molecule has 42 heavy (non-hydrogen) atoms. The molecule has 0 aliphatic rings. The van der Waals surface area contributed by atoms with Crippen LogP contribution < -0.4 is 31.2 Å². The Morgan fingerprint density at radius 1 is 0.857 bits per heavy atom. The van der Waals surface area contributed by atoms with Gasteiger partial charge in [0.2, 0.25) is 11.8 Å². The van der Waals surface area contributed by atoms with Gasteiger partial charge in [0.05, 0.1) is 26.3 Å². The number of hydrogen-bond donors (Lipinski definition) is 5. The number of ether oxygens (including phenoxy) is 2. The topological polar surface area (TPSA) is 147 Å². The summed E-state index contributed by atoms with van der Waals surface area (Å²) in [5.41, 5.74) is 9.42. The molecule has 0 radical (unpaired) electrons. The lowest BCUT2D eigenvalue weighted by Crippen LogP contribution is -2.34. The summed E-state index contributed by atoms with van der Waals surface area (Å²) in [6.07, 6.45) is 0.141. The van der Waals surface area contributed by atoms with Crippen LogP contribution >= 0.6 is 0 Å². The fourth-order valence-electron chi connectivity index (χ4n) is 4.35. The highest BCUT2D eigenvalue weighted by atomic mass is 16.5. The van der Waals surface area contributed by atoms with E-state index in [1.807, 2.05) is 60.7 Å². The predicted molar refractivity (Wildman–Crippen MR) is 162 cm³/mol. The minimum Gasteiger partial charge on any atom is -0.493 e. The standard InChI is InChI=1S/C32H33N5O5/c1-41-27-18-25(26(19-28(27)42-2)36-29(38)17-21-9-5-3-6-10-21)30(32(39)34-20-22-11-7-4-8-12-22)35-24-15-13-23(14-16-24)31(33)37-40/h3-16,18-19,30,35,40H,17,20H2,1-2H3,(H2,33,37)(H,34,39)(H,36,38). The number of hydrogen-bond acceptors (Lipinski definition) is 7. The molecule has 0 aliphatic carbocycles. The molecule has 1 unspecified atom stereocenters. The average Bonchev–Trinajstić information content (AvgIpc) is 3.03. The molecule has 216 valence electrons. The second kappa shape index (κ2) is 14.2. The Balaban J connectivity index is 1.71. The molecule has 0 saturated heterocycles. The van der Waals surface area contributed by atoms with Gasteiger partial charge in [-0.15, -0.1) is 0 Å². The van der Waals surface area contributed by atoms with Crippen molar-refractivity contribution in [3.63, 3.8) is 0 Å². The maximum atomic E-state index is 13.8. The molecular weight excluding hydrogens is 534 g/mol. The molecule has 4 aromatic rings. The van der Waals surface area contributed by atoms with Gasteiger partial charge in [-0.05, 0) is 41.5 Å². The second-order valence-electron chi connectivity index (χ2n) is 9.35. The van der Waals surface area contributed by atoms with Gasteiger partial charge in [0.25, 0.3) is 0 Å². The first-order valence-electron chi connectivity index (χ1n) is 13.2. The van der Waals surface area contributed by atoms with Crippen LogP contribution in [0.3, 0.4) is 0 Å². The first-order chi connectivity index (χ1) is 20.4. The number of nitrogens with zero attached hydrogens (tertiary/aromatic N) is 1. The third-order valence-corrected chi connectivity index (χ3v) is 6.52. The summed E-state index contributed by atoms with van der Waals surface area (Å²) in [6, 6.07) is 28.0. The molecule has 4 aromatic carbocycles. The van der Waals surface area contributed by atoms with Crippen LogP contribution in [0.5, 0.6) is 11.5 Å². The Morgan fingerprint density at radius 3 is 2.05 bits per heavy atom. The lowest BCUT2D eigenvalue weighted by molar-refractivity contribution is -0.122. The Morgan fingerprint density at radius 2 is 1.45 bits per heavy atom. The molecule has 0 aromatic heterocycles. The molecule has 10 heteroatoms. The molecule has 0 heterocycles. The van der Waals surface area contributed by atoms with Crippen molar-refractivity contribution in [1.29, 1.82) is 0 Å². The molecular formula is C32H33N5O5. The van der Waals surface area contributed by atoms with E-state index in [0.29, 0.717) is 40.5 Å². The molecule has 0 aliphatic heterocycles. The van der Waals surface area contributed by atoms with E-state index >= 15 is 0 Å². The number of oxime groups is 1. The van der Waals surface area contributed by atoms with Crippen molar-refractivity contribution in [1.82, 2.24) is 5.32 Å². The van der Waals surface area contributed by atoms with Gasteiger partial charge in [-0.1, -0.05) is 65.8 Å². The fourth-order valence-corrected chi connectivity index (χ4v) is 4.35. The molecule has 6 N–H and O–H groups in total.